The third-order valence-electron chi connectivity index (χ3n) is 10.7. The molecule has 3 fully saturated rings. The summed E-state index contributed by atoms with van der Waals surface area (Å²) in [5.41, 5.74) is 1.97. The lowest BCUT2D eigenvalue weighted by atomic mass is 9.46. The third-order valence-corrected chi connectivity index (χ3v) is 10.7. The van der Waals surface area contributed by atoms with Crippen molar-refractivity contribution in [3.05, 3.63) is 11.6 Å². The number of hydrogen-bond donors (Lipinski definition) is 3. The average molecular weight is 489 g/mol. The van der Waals surface area contributed by atoms with Gasteiger partial charge in [-0.25, -0.2) is 4.79 Å². The molecule has 7 heteroatoms. The standard InChI is InChI=1S/C28H44N2O5/c1-6-17(2)24(25(32)33)29-23(31)16-35-30-19-9-12-26(3)18(15-19)7-8-20-21(26)10-13-27(4)22(20)11-14-28(27,5)34/h15,17,20-22,24,34H,6-14,16H2,1-5H3,(H,29,31)(H,32,33)/b30-19+/t17-,20+,21-,22-,24-,26-,27-,28-/m0/s1. The first-order valence-corrected chi connectivity index (χ1v) is 13.6. The minimum atomic E-state index is -1.03. The number of carbonyl (C=O) groups excluding carboxylic acids is 1. The number of hydrogen-bond acceptors (Lipinski definition) is 5. The van der Waals surface area contributed by atoms with E-state index in [0.29, 0.717) is 24.2 Å². The Morgan fingerprint density at radius 3 is 2.54 bits per heavy atom. The van der Waals surface area contributed by atoms with Crippen molar-refractivity contribution in [2.45, 2.75) is 104 Å². The highest BCUT2D eigenvalue weighted by atomic mass is 16.6. The maximum absolute atomic E-state index is 12.2. The maximum Gasteiger partial charge on any atom is 0.326 e. The van der Waals surface area contributed by atoms with Crippen LogP contribution in [0.4, 0.5) is 0 Å². The maximum atomic E-state index is 12.2. The zero-order valence-electron chi connectivity index (χ0n) is 22.1. The van der Waals surface area contributed by atoms with Gasteiger partial charge >= 0.3 is 5.97 Å². The van der Waals surface area contributed by atoms with Gasteiger partial charge in [-0.2, -0.15) is 0 Å². The van der Waals surface area contributed by atoms with E-state index >= 15 is 0 Å². The van der Waals surface area contributed by atoms with Crippen molar-refractivity contribution in [1.82, 2.24) is 5.32 Å². The van der Waals surface area contributed by atoms with Gasteiger partial charge in [0.15, 0.2) is 6.61 Å². The van der Waals surface area contributed by atoms with E-state index in [-0.39, 0.29) is 23.4 Å². The summed E-state index contributed by atoms with van der Waals surface area (Å²) in [6, 6.07) is -0.919. The van der Waals surface area contributed by atoms with Crippen LogP contribution in [0.15, 0.2) is 16.8 Å². The second-order valence-electron chi connectivity index (χ2n) is 12.4. The van der Waals surface area contributed by atoms with Crippen molar-refractivity contribution in [3.8, 4) is 0 Å². The molecule has 0 aromatic rings. The van der Waals surface area contributed by atoms with Crippen molar-refractivity contribution in [1.29, 1.82) is 0 Å². The molecule has 7 nitrogen and oxygen atoms in total. The van der Waals surface area contributed by atoms with E-state index in [1.54, 1.807) is 0 Å². The first-order chi connectivity index (χ1) is 16.4. The first kappa shape index (κ1) is 26.2. The molecule has 0 aliphatic heterocycles. The minimum absolute atomic E-state index is 0.0377. The Bertz CT molecular complexity index is 911. The molecule has 0 unspecified atom stereocenters. The van der Waals surface area contributed by atoms with Gasteiger partial charge in [-0.15, -0.1) is 0 Å². The number of aliphatic hydroxyl groups is 1. The van der Waals surface area contributed by atoms with Crippen molar-refractivity contribution in [2.75, 3.05) is 6.61 Å². The third kappa shape index (κ3) is 4.54. The summed E-state index contributed by atoms with van der Waals surface area (Å²) in [6.07, 6.45) is 11.3. The van der Waals surface area contributed by atoms with Crippen molar-refractivity contribution >= 4 is 17.6 Å². The van der Waals surface area contributed by atoms with E-state index in [4.69, 9.17) is 4.84 Å². The number of allylic oxidation sites excluding steroid dienone is 2. The molecule has 1 amide bonds. The quantitative estimate of drug-likeness (QED) is 0.451. The molecule has 196 valence electrons. The minimum Gasteiger partial charge on any atom is -0.480 e. The Balaban J connectivity index is 1.39. The van der Waals surface area contributed by atoms with Gasteiger partial charge < -0.3 is 20.4 Å². The van der Waals surface area contributed by atoms with Crippen LogP contribution in [-0.2, 0) is 14.4 Å². The van der Waals surface area contributed by atoms with Crippen LogP contribution in [0.25, 0.3) is 0 Å². The predicted octanol–water partition coefficient (Wildman–Crippen LogP) is 4.69. The van der Waals surface area contributed by atoms with E-state index in [0.717, 1.165) is 44.2 Å². The largest absolute Gasteiger partial charge is 0.480 e. The normalized spacial score (nSPS) is 41.1. The summed E-state index contributed by atoms with van der Waals surface area (Å²) in [6.45, 7) is 10.2. The fourth-order valence-corrected chi connectivity index (χ4v) is 7.96. The number of oxime groups is 1. The van der Waals surface area contributed by atoms with Crippen LogP contribution in [0.3, 0.4) is 0 Å². The molecular weight excluding hydrogens is 444 g/mol. The highest BCUT2D eigenvalue weighted by molar-refractivity contribution is 5.96. The number of carboxylic acid groups (broad SMARTS) is 1. The topological polar surface area (TPSA) is 108 Å². The number of nitrogens with zero attached hydrogens (tertiary/aromatic N) is 1. The second-order valence-corrected chi connectivity index (χ2v) is 12.4. The molecule has 4 aliphatic carbocycles. The average Bonchev–Trinajstić information content (AvgIpc) is 3.05. The van der Waals surface area contributed by atoms with Crippen LogP contribution in [-0.4, -0.2) is 46.1 Å². The fourth-order valence-electron chi connectivity index (χ4n) is 7.96. The number of amides is 1. The van der Waals surface area contributed by atoms with E-state index in [9.17, 15) is 19.8 Å². The summed E-state index contributed by atoms with van der Waals surface area (Å²) in [5, 5.41) is 27.3. The summed E-state index contributed by atoms with van der Waals surface area (Å²) in [7, 11) is 0. The van der Waals surface area contributed by atoms with Crippen molar-refractivity contribution in [3.63, 3.8) is 0 Å². The molecular formula is C28H44N2O5. The molecule has 0 aromatic heterocycles. The summed E-state index contributed by atoms with van der Waals surface area (Å²) in [5.74, 6) is 0.277. The van der Waals surface area contributed by atoms with Gasteiger partial charge in [0.2, 0.25) is 0 Å². The van der Waals surface area contributed by atoms with Gasteiger partial charge in [0, 0.05) is 0 Å². The van der Waals surface area contributed by atoms with Crippen LogP contribution in [0.5, 0.6) is 0 Å². The van der Waals surface area contributed by atoms with Crippen LogP contribution in [0.2, 0.25) is 0 Å². The number of carboxylic acids is 1. The smallest absolute Gasteiger partial charge is 0.326 e. The molecule has 0 saturated heterocycles. The van der Waals surface area contributed by atoms with Crippen LogP contribution in [0.1, 0.15) is 92.4 Å². The van der Waals surface area contributed by atoms with Crippen molar-refractivity contribution < 1.29 is 24.6 Å². The molecule has 0 spiro atoms. The highest BCUT2D eigenvalue weighted by Gasteiger charge is 2.62. The molecule has 8 atom stereocenters. The Labute approximate surface area is 209 Å². The van der Waals surface area contributed by atoms with E-state index in [2.05, 4.69) is 37.3 Å². The lowest BCUT2D eigenvalue weighted by molar-refractivity contribution is -0.144. The number of rotatable bonds is 7. The van der Waals surface area contributed by atoms with Crippen LogP contribution >= 0.6 is 0 Å². The molecule has 4 aliphatic rings. The molecule has 0 heterocycles. The predicted molar refractivity (Wildman–Crippen MR) is 135 cm³/mol. The van der Waals surface area contributed by atoms with Gasteiger partial charge in [-0.3, -0.25) is 4.79 Å². The molecule has 0 radical (unpaired) electrons. The summed E-state index contributed by atoms with van der Waals surface area (Å²) in [4.78, 5) is 29.0. The Morgan fingerprint density at radius 2 is 1.86 bits per heavy atom. The number of aliphatic carboxylic acids is 1. The summed E-state index contributed by atoms with van der Waals surface area (Å²) < 4.78 is 0. The molecule has 35 heavy (non-hydrogen) atoms. The number of nitrogens with one attached hydrogen (secondary N) is 1. The zero-order valence-corrected chi connectivity index (χ0v) is 22.1. The fraction of sp³-hybridized carbons (Fsp3) is 0.821. The van der Waals surface area contributed by atoms with Gasteiger partial charge in [0.05, 0.1) is 11.3 Å². The molecule has 0 aromatic carbocycles. The number of fused-ring (bicyclic) bond motifs is 5. The monoisotopic (exact) mass is 488 g/mol. The van der Waals surface area contributed by atoms with E-state index in [1.807, 2.05) is 13.8 Å². The lowest BCUT2D eigenvalue weighted by Gasteiger charge is -2.59. The van der Waals surface area contributed by atoms with Crippen LogP contribution in [0, 0.1) is 34.5 Å². The van der Waals surface area contributed by atoms with E-state index in [1.165, 1.54) is 18.4 Å². The van der Waals surface area contributed by atoms with Crippen molar-refractivity contribution in [2.24, 2.45) is 39.7 Å². The van der Waals surface area contributed by atoms with Gasteiger partial charge in [-0.1, -0.05) is 44.8 Å². The second kappa shape index (κ2) is 9.53. The highest BCUT2D eigenvalue weighted by Crippen LogP contribution is 2.67. The summed E-state index contributed by atoms with van der Waals surface area (Å²) >= 11 is 0. The molecule has 3 saturated carbocycles. The Kier molecular flexibility index (Phi) is 7.13. The Hall–Kier alpha value is -1.89. The lowest BCUT2D eigenvalue weighted by Crippen LogP contribution is -2.53. The van der Waals surface area contributed by atoms with Gasteiger partial charge in [-0.05, 0) is 98.9 Å². The molecule has 0 bridgehead atoms. The Morgan fingerprint density at radius 1 is 1.14 bits per heavy atom. The number of carbonyl (C=O) groups is 2. The van der Waals surface area contributed by atoms with E-state index < -0.39 is 23.5 Å². The first-order valence-electron chi connectivity index (χ1n) is 13.6. The van der Waals surface area contributed by atoms with Crippen LogP contribution < -0.4 is 5.32 Å². The zero-order chi connectivity index (χ0) is 25.6. The molecule has 3 N–H and O–H groups in total. The van der Waals surface area contributed by atoms with Gasteiger partial charge in [0.1, 0.15) is 6.04 Å². The van der Waals surface area contributed by atoms with Gasteiger partial charge in [0.25, 0.3) is 5.91 Å². The SMILES string of the molecule is CC[C@H](C)[C@H](NC(=O)CO/N=C1/C=C2CC[C@@H]3[C@H](CC[C@@]4(C)[C@H]3CC[C@]4(C)O)[C@@]2(C)CC1)C(=O)O. The molecule has 4 rings (SSSR count).